The van der Waals surface area contributed by atoms with Crippen LogP contribution in [-0.4, -0.2) is 30.3 Å². The molecule has 4 unspecified atom stereocenters. The molecular formula is C22H37NS. The molecule has 2 heteroatoms. The molecule has 136 valence electrons. The van der Waals surface area contributed by atoms with Crippen LogP contribution in [0, 0.1) is 35.0 Å². The summed E-state index contributed by atoms with van der Waals surface area (Å²) in [4.78, 5) is 4.66. The summed E-state index contributed by atoms with van der Waals surface area (Å²) in [5, 5.41) is 0. The van der Waals surface area contributed by atoms with Gasteiger partial charge >= 0.3 is 0 Å². The van der Waals surface area contributed by atoms with Gasteiger partial charge in [-0.15, -0.1) is 11.8 Å². The van der Waals surface area contributed by atoms with Crippen molar-refractivity contribution in [3.63, 3.8) is 0 Å². The van der Waals surface area contributed by atoms with Crippen LogP contribution in [0.25, 0.3) is 0 Å². The predicted molar refractivity (Wildman–Crippen MR) is 106 cm³/mol. The average Bonchev–Trinajstić information content (AvgIpc) is 3.09. The first-order chi connectivity index (χ1) is 11.4. The third kappa shape index (κ3) is 3.61. The third-order valence-electron chi connectivity index (χ3n) is 7.63. The SMILES string of the molecule is CC(C)C1CC2CC2CN(CC(C)(C)C2CCC3=C(CCS3)C2)C1. The van der Waals surface area contributed by atoms with Crippen molar-refractivity contribution >= 4 is 11.8 Å². The van der Waals surface area contributed by atoms with E-state index in [2.05, 4.69) is 44.4 Å². The molecule has 0 amide bonds. The van der Waals surface area contributed by atoms with Gasteiger partial charge in [0.15, 0.2) is 0 Å². The number of likely N-dealkylation sites (tertiary alicyclic amines) is 1. The summed E-state index contributed by atoms with van der Waals surface area (Å²) < 4.78 is 0. The molecule has 1 nitrogen and oxygen atoms in total. The van der Waals surface area contributed by atoms with Gasteiger partial charge in [0.2, 0.25) is 0 Å². The average molecular weight is 348 g/mol. The molecule has 0 radical (unpaired) electrons. The van der Waals surface area contributed by atoms with E-state index in [4.69, 9.17) is 0 Å². The summed E-state index contributed by atoms with van der Waals surface area (Å²) in [5.41, 5.74) is 2.31. The Bertz CT molecular complexity index is 506. The van der Waals surface area contributed by atoms with Gasteiger partial charge in [-0.3, -0.25) is 0 Å². The second-order valence-electron chi connectivity index (χ2n) is 10.2. The van der Waals surface area contributed by atoms with Crippen LogP contribution in [0.1, 0.15) is 66.2 Å². The van der Waals surface area contributed by atoms with Crippen LogP contribution in [0.3, 0.4) is 0 Å². The Morgan fingerprint density at radius 1 is 1.12 bits per heavy atom. The zero-order valence-electron chi connectivity index (χ0n) is 16.3. The molecule has 0 spiro atoms. The molecule has 1 saturated heterocycles. The van der Waals surface area contributed by atoms with Crippen LogP contribution in [-0.2, 0) is 0 Å². The molecule has 1 saturated carbocycles. The molecule has 4 atom stereocenters. The van der Waals surface area contributed by atoms with Crippen molar-refractivity contribution in [1.82, 2.24) is 4.90 Å². The maximum Gasteiger partial charge on any atom is 0.00357 e. The Hall–Kier alpha value is 0.0500. The van der Waals surface area contributed by atoms with Crippen molar-refractivity contribution in [3.8, 4) is 0 Å². The topological polar surface area (TPSA) is 3.24 Å². The Kier molecular flexibility index (Phi) is 4.84. The lowest BCUT2D eigenvalue weighted by Crippen LogP contribution is -2.42. The zero-order chi connectivity index (χ0) is 16.9. The van der Waals surface area contributed by atoms with Gasteiger partial charge in [-0.25, -0.2) is 0 Å². The molecule has 0 bridgehead atoms. The number of hydrogen-bond donors (Lipinski definition) is 0. The summed E-state index contributed by atoms with van der Waals surface area (Å²) in [6.07, 6.45) is 8.64. The van der Waals surface area contributed by atoms with E-state index in [1.54, 1.807) is 4.91 Å². The van der Waals surface area contributed by atoms with Gasteiger partial charge in [0.05, 0.1) is 0 Å². The lowest BCUT2D eigenvalue weighted by atomic mass is 9.70. The Morgan fingerprint density at radius 3 is 2.75 bits per heavy atom. The van der Waals surface area contributed by atoms with Crippen molar-refractivity contribution in [2.45, 2.75) is 66.2 Å². The first-order valence-corrected chi connectivity index (χ1v) is 11.5. The second kappa shape index (κ2) is 6.65. The Morgan fingerprint density at radius 2 is 1.96 bits per heavy atom. The summed E-state index contributed by atoms with van der Waals surface area (Å²) >= 11 is 2.16. The van der Waals surface area contributed by atoms with Crippen LogP contribution in [0.15, 0.2) is 10.5 Å². The maximum absolute atomic E-state index is 2.88. The van der Waals surface area contributed by atoms with E-state index in [1.807, 2.05) is 5.57 Å². The van der Waals surface area contributed by atoms with Crippen LogP contribution in [0.5, 0.6) is 0 Å². The highest BCUT2D eigenvalue weighted by Crippen LogP contribution is 2.50. The number of thioether (sulfide) groups is 1. The van der Waals surface area contributed by atoms with Crippen molar-refractivity contribution in [3.05, 3.63) is 10.5 Å². The van der Waals surface area contributed by atoms with Gasteiger partial charge in [0, 0.05) is 25.4 Å². The molecule has 2 aliphatic carbocycles. The molecule has 0 N–H and O–H groups in total. The van der Waals surface area contributed by atoms with Crippen LogP contribution in [0.4, 0.5) is 0 Å². The van der Waals surface area contributed by atoms with Crippen molar-refractivity contribution in [1.29, 1.82) is 0 Å². The van der Waals surface area contributed by atoms with Gasteiger partial charge in [-0.2, -0.15) is 0 Å². The van der Waals surface area contributed by atoms with E-state index in [0.717, 1.165) is 29.6 Å². The van der Waals surface area contributed by atoms with Crippen molar-refractivity contribution < 1.29 is 0 Å². The first-order valence-electron chi connectivity index (χ1n) is 10.5. The van der Waals surface area contributed by atoms with Crippen molar-refractivity contribution in [2.24, 2.45) is 35.0 Å². The highest BCUT2D eigenvalue weighted by Gasteiger charge is 2.44. The Balaban J connectivity index is 1.41. The molecule has 4 rings (SSSR count). The molecule has 2 fully saturated rings. The largest absolute Gasteiger partial charge is 0.302 e. The normalized spacial score (nSPS) is 37.4. The fourth-order valence-corrected chi connectivity index (χ4v) is 6.96. The highest BCUT2D eigenvalue weighted by molar-refractivity contribution is 8.03. The van der Waals surface area contributed by atoms with E-state index < -0.39 is 0 Å². The second-order valence-corrected chi connectivity index (χ2v) is 11.4. The molecule has 0 aromatic carbocycles. The van der Waals surface area contributed by atoms with Crippen LogP contribution in [0.2, 0.25) is 0 Å². The first kappa shape index (κ1) is 17.5. The van der Waals surface area contributed by atoms with E-state index in [1.165, 1.54) is 63.9 Å². The smallest absolute Gasteiger partial charge is 0.00357 e. The van der Waals surface area contributed by atoms with Gasteiger partial charge in [0.1, 0.15) is 0 Å². The lowest BCUT2D eigenvalue weighted by molar-refractivity contribution is 0.0920. The molecule has 2 heterocycles. The molecule has 0 aromatic rings. The number of hydrogen-bond acceptors (Lipinski definition) is 2. The standard InChI is InChI=1S/C22H37NS/c1-15(2)18-9-17-10-19(17)13-23(12-18)14-22(3,4)20-5-6-21-16(11-20)7-8-24-21/h15,17-20H,5-14H2,1-4H3. The summed E-state index contributed by atoms with van der Waals surface area (Å²) in [6.45, 7) is 14.1. The molecule has 2 aliphatic heterocycles. The predicted octanol–water partition coefficient (Wildman–Crippen LogP) is 5.82. The fourth-order valence-electron chi connectivity index (χ4n) is 5.72. The van der Waals surface area contributed by atoms with Gasteiger partial charge in [-0.1, -0.05) is 33.3 Å². The number of rotatable bonds is 4. The minimum absolute atomic E-state index is 0.474. The minimum atomic E-state index is 0.474. The number of fused-ring (bicyclic) bond motifs is 1. The fraction of sp³-hybridized carbons (Fsp3) is 0.909. The number of allylic oxidation sites excluding steroid dienone is 2. The highest BCUT2D eigenvalue weighted by atomic mass is 32.2. The van der Waals surface area contributed by atoms with E-state index >= 15 is 0 Å². The van der Waals surface area contributed by atoms with Crippen LogP contribution < -0.4 is 0 Å². The van der Waals surface area contributed by atoms with Crippen molar-refractivity contribution in [2.75, 3.05) is 25.4 Å². The summed E-state index contributed by atoms with van der Waals surface area (Å²) in [5.74, 6) is 6.17. The third-order valence-corrected chi connectivity index (χ3v) is 8.88. The molecule has 0 aromatic heterocycles. The Labute approximate surface area is 154 Å². The minimum Gasteiger partial charge on any atom is -0.302 e. The molecule has 4 aliphatic rings. The van der Waals surface area contributed by atoms with E-state index in [0.29, 0.717) is 5.41 Å². The number of nitrogens with zero attached hydrogens (tertiary/aromatic N) is 1. The van der Waals surface area contributed by atoms with E-state index in [9.17, 15) is 0 Å². The maximum atomic E-state index is 2.88. The monoisotopic (exact) mass is 347 g/mol. The quantitative estimate of drug-likeness (QED) is 0.630. The summed E-state index contributed by atoms with van der Waals surface area (Å²) in [7, 11) is 0. The van der Waals surface area contributed by atoms with Gasteiger partial charge in [-0.05, 0) is 78.4 Å². The molecular weight excluding hydrogens is 310 g/mol. The molecule has 24 heavy (non-hydrogen) atoms. The van der Waals surface area contributed by atoms with E-state index in [-0.39, 0.29) is 0 Å². The van der Waals surface area contributed by atoms with Gasteiger partial charge < -0.3 is 4.90 Å². The van der Waals surface area contributed by atoms with Crippen LogP contribution >= 0.6 is 11.8 Å². The summed E-state index contributed by atoms with van der Waals surface area (Å²) in [6, 6.07) is 0. The lowest BCUT2D eigenvalue weighted by Gasteiger charge is -2.42. The van der Waals surface area contributed by atoms with Gasteiger partial charge in [0.25, 0.3) is 0 Å². The zero-order valence-corrected chi connectivity index (χ0v) is 17.1.